The molecule has 8 nitrogen and oxygen atoms in total. The van der Waals surface area contributed by atoms with Crippen molar-refractivity contribution in [1.29, 1.82) is 0 Å². The number of fused-ring (bicyclic) bond motifs is 1. The summed E-state index contributed by atoms with van der Waals surface area (Å²) in [6.45, 7) is 3.91. The number of carbonyl (C=O) groups is 2. The molecule has 2 aromatic rings. The lowest BCUT2D eigenvalue weighted by atomic mass is 9.95. The van der Waals surface area contributed by atoms with Crippen molar-refractivity contribution in [2.45, 2.75) is 38.5 Å². The average molecular weight is 401 g/mol. The molecule has 4 N–H and O–H groups in total. The number of hydrogen-bond donors (Lipinski definition) is 4. The summed E-state index contributed by atoms with van der Waals surface area (Å²) in [6.07, 6.45) is 6.42. The Hall–Kier alpha value is -2.61. The number of amides is 2. The summed E-state index contributed by atoms with van der Waals surface area (Å²) >= 11 is 0. The van der Waals surface area contributed by atoms with Crippen molar-refractivity contribution in [2.75, 3.05) is 38.0 Å². The lowest BCUT2D eigenvalue weighted by molar-refractivity contribution is -0.897. The Kier molecular flexibility index (Phi) is 5.99. The Morgan fingerprint density at radius 2 is 1.72 bits per heavy atom. The van der Waals surface area contributed by atoms with Crippen LogP contribution in [0.1, 0.15) is 38.5 Å². The molecule has 2 amide bonds. The van der Waals surface area contributed by atoms with Gasteiger partial charge in [-0.3, -0.25) is 9.59 Å². The normalized spacial score (nSPS) is 23.0. The largest absolute Gasteiger partial charge is 0.342 e. The van der Waals surface area contributed by atoms with Gasteiger partial charge in [0.2, 0.25) is 5.91 Å². The summed E-state index contributed by atoms with van der Waals surface area (Å²) in [4.78, 5) is 45.2. The molecule has 1 aromatic heterocycles. The van der Waals surface area contributed by atoms with Gasteiger partial charge in [0.05, 0.1) is 24.1 Å². The third-order valence-electron chi connectivity index (χ3n) is 6.17. The quantitative estimate of drug-likeness (QED) is 0.601. The topological polar surface area (TPSA) is 102 Å². The fourth-order valence-electron chi connectivity index (χ4n) is 4.54. The highest BCUT2D eigenvalue weighted by Gasteiger charge is 2.31. The van der Waals surface area contributed by atoms with E-state index in [2.05, 4.69) is 20.2 Å². The summed E-state index contributed by atoms with van der Waals surface area (Å²) in [5.41, 5.74) is 1.80. The van der Waals surface area contributed by atoms with Crippen molar-refractivity contribution >= 4 is 28.5 Å². The average Bonchev–Trinajstić information content (AvgIpc) is 2.90. The number of benzene rings is 1. The number of nitrogens with one attached hydrogen (secondary N) is 4. The second-order valence-corrected chi connectivity index (χ2v) is 8.33. The first-order valence-electron chi connectivity index (χ1n) is 10.7. The minimum Gasteiger partial charge on any atom is -0.342 e. The molecule has 0 radical (unpaired) electrons. The van der Waals surface area contributed by atoms with E-state index in [4.69, 9.17) is 0 Å². The molecule has 4 rings (SSSR count). The van der Waals surface area contributed by atoms with Crippen molar-refractivity contribution in [3.05, 3.63) is 28.7 Å². The molecule has 8 heteroatoms. The first-order valence-corrected chi connectivity index (χ1v) is 10.7. The van der Waals surface area contributed by atoms with Gasteiger partial charge in [-0.25, -0.2) is 4.79 Å². The zero-order chi connectivity index (χ0) is 20.2. The fraction of sp³-hybridized carbons (Fsp3) is 0.571. The van der Waals surface area contributed by atoms with Crippen molar-refractivity contribution < 1.29 is 14.5 Å². The van der Waals surface area contributed by atoms with Gasteiger partial charge in [-0.2, -0.15) is 0 Å². The number of carbonyl (C=O) groups excluding carboxylic acids is 2. The second kappa shape index (κ2) is 8.82. The Balaban J connectivity index is 1.25. The number of aromatic amines is 2. The van der Waals surface area contributed by atoms with Gasteiger partial charge in [-0.05, 0) is 31.0 Å². The molecule has 0 spiro atoms. The number of piperidine rings is 1. The van der Waals surface area contributed by atoms with Crippen LogP contribution >= 0.6 is 0 Å². The Bertz CT molecular complexity index is 918. The number of hydrogen-bond acceptors (Lipinski definition) is 3. The smallest absolute Gasteiger partial charge is 0.323 e. The lowest BCUT2D eigenvalue weighted by Crippen LogP contribution is -3.14. The fourth-order valence-corrected chi connectivity index (χ4v) is 4.54. The van der Waals surface area contributed by atoms with Gasteiger partial charge in [-0.1, -0.05) is 12.8 Å². The molecule has 2 aliphatic heterocycles. The zero-order valence-corrected chi connectivity index (χ0v) is 16.8. The van der Waals surface area contributed by atoms with E-state index >= 15 is 0 Å². The van der Waals surface area contributed by atoms with Crippen molar-refractivity contribution in [2.24, 2.45) is 5.92 Å². The van der Waals surface area contributed by atoms with Crippen LogP contribution in [0.2, 0.25) is 0 Å². The van der Waals surface area contributed by atoms with E-state index in [1.165, 1.54) is 17.7 Å². The molecule has 2 fully saturated rings. The summed E-state index contributed by atoms with van der Waals surface area (Å²) < 4.78 is 0. The standard InChI is InChI=1S/C21H29N5O3/c27-19(22-16-5-6-17-18(13-16)24-21(29)23-17)14-25-11-7-15(8-12-25)20(28)26-9-3-1-2-4-10-26/h5-6,13,15H,1-4,7-12,14H2,(H,22,27)(H2,23,24,29)/p+1. The zero-order valence-electron chi connectivity index (χ0n) is 16.8. The Labute approximate surface area is 169 Å². The molecule has 1 aromatic carbocycles. The van der Waals surface area contributed by atoms with Crippen LogP contribution in [0.3, 0.4) is 0 Å². The molecule has 156 valence electrons. The summed E-state index contributed by atoms with van der Waals surface area (Å²) in [7, 11) is 0. The van der Waals surface area contributed by atoms with Gasteiger partial charge in [0.1, 0.15) is 0 Å². The van der Waals surface area contributed by atoms with Gasteiger partial charge in [-0.15, -0.1) is 0 Å². The Morgan fingerprint density at radius 3 is 2.45 bits per heavy atom. The molecular formula is C21H30N5O3+. The van der Waals surface area contributed by atoms with E-state index in [0.717, 1.165) is 57.4 Å². The molecule has 0 bridgehead atoms. The van der Waals surface area contributed by atoms with E-state index < -0.39 is 0 Å². The lowest BCUT2D eigenvalue weighted by Gasteiger charge is -2.31. The van der Waals surface area contributed by atoms with Crippen molar-refractivity contribution in [1.82, 2.24) is 14.9 Å². The number of imidazole rings is 1. The summed E-state index contributed by atoms with van der Waals surface area (Å²) in [5, 5.41) is 2.91. The monoisotopic (exact) mass is 400 g/mol. The highest BCUT2D eigenvalue weighted by atomic mass is 16.2. The van der Waals surface area contributed by atoms with E-state index in [9.17, 15) is 14.4 Å². The number of quaternary nitrogens is 1. The minimum absolute atomic E-state index is 0.0467. The first-order chi connectivity index (χ1) is 14.1. The number of aromatic nitrogens is 2. The molecule has 0 aliphatic carbocycles. The summed E-state index contributed by atoms with van der Waals surface area (Å²) in [6, 6.07) is 5.31. The number of likely N-dealkylation sites (tertiary alicyclic amines) is 2. The predicted molar refractivity (Wildman–Crippen MR) is 111 cm³/mol. The number of nitrogens with zero attached hydrogens (tertiary/aromatic N) is 1. The molecule has 29 heavy (non-hydrogen) atoms. The maximum absolute atomic E-state index is 12.8. The highest BCUT2D eigenvalue weighted by molar-refractivity contribution is 5.93. The van der Waals surface area contributed by atoms with E-state index in [-0.39, 0.29) is 17.5 Å². The van der Waals surface area contributed by atoms with Gasteiger partial charge in [0, 0.05) is 37.5 Å². The van der Waals surface area contributed by atoms with Gasteiger partial charge in [0.25, 0.3) is 5.91 Å². The van der Waals surface area contributed by atoms with Crippen LogP contribution in [-0.4, -0.2) is 59.4 Å². The molecule has 3 heterocycles. The van der Waals surface area contributed by atoms with Crippen molar-refractivity contribution in [3.63, 3.8) is 0 Å². The minimum atomic E-state index is -0.259. The van der Waals surface area contributed by atoms with E-state index in [1.54, 1.807) is 18.2 Å². The molecule has 0 saturated carbocycles. The predicted octanol–water partition coefficient (Wildman–Crippen LogP) is 0.492. The molecule has 2 saturated heterocycles. The number of H-pyrrole nitrogens is 2. The van der Waals surface area contributed by atoms with Crippen LogP contribution in [0, 0.1) is 5.92 Å². The summed E-state index contributed by atoms with van der Waals surface area (Å²) in [5.74, 6) is 0.395. The van der Waals surface area contributed by atoms with Crippen LogP contribution in [0.15, 0.2) is 23.0 Å². The molecule has 0 unspecified atom stereocenters. The molecule has 0 atom stereocenters. The third kappa shape index (κ3) is 4.87. The number of anilines is 1. The molecular weight excluding hydrogens is 370 g/mol. The van der Waals surface area contributed by atoms with Crippen LogP contribution in [-0.2, 0) is 9.59 Å². The maximum Gasteiger partial charge on any atom is 0.323 e. The van der Waals surface area contributed by atoms with Crippen molar-refractivity contribution in [3.8, 4) is 0 Å². The van der Waals surface area contributed by atoms with Gasteiger partial charge in [0.15, 0.2) is 6.54 Å². The molecule has 2 aliphatic rings. The van der Waals surface area contributed by atoms with E-state index in [1.807, 2.05) is 0 Å². The first kappa shape index (κ1) is 19.7. The van der Waals surface area contributed by atoms with E-state index in [0.29, 0.717) is 23.7 Å². The van der Waals surface area contributed by atoms with Crippen LogP contribution in [0.5, 0.6) is 0 Å². The second-order valence-electron chi connectivity index (χ2n) is 8.33. The third-order valence-corrected chi connectivity index (χ3v) is 6.17. The number of rotatable bonds is 4. The van der Waals surface area contributed by atoms with Gasteiger partial charge < -0.3 is 25.1 Å². The maximum atomic E-state index is 12.8. The SMILES string of the molecule is O=C(C[NH+]1CCC(C(=O)N2CCCCCC2)CC1)Nc1ccc2[nH]c(=O)[nH]c2c1. The van der Waals surface area contributed by atoms with Crippen LogP contribution in [0.25, 0.3) is 11.0 Å². The van der Waals surface area contributed by atoms with Crippen LogP contribution in [0.4, 0.5) is 5.69 Å². The van der Waals surface area contributed by atoms with Crippen LogP contribution < -0.4 is 15.9 Å². The highest BCUT2D eigenvalue weighted by Crippen LogP contribution is 2.18. The Morgan fingerprint density at radius 1 is 1.03 bits per heavy atom. The van der Waals surface area contributed by atoms with Gasteiger partial charge >= 0.3 is 5.69 Å².